The number of hydrogen-bond acceptors (Lipinski definition) is 10. The van der Waals surface area contributed by atoms with Crippen LogP contribution in [0.25, 0.3) is 22.5 Å². The van der Waals surface area contributed by atoms with E-state index in [9.17, 15) is 19.2 Å². The minimum atomic E-state index is -0.773. The molecule has 59 heavy (non-hydrogen) atoms. The second-order valence-electron chi connectivity index (χ2n) is 17.5. The number of likely N-dealkylation sites (tertiary alicyclic amines) is 2. The van der Waals surface area contributed by atoms with Crippen molar-refractivity contribution in [2.45, 2.75) is 85.4 Å². The Morgan fingerprint density at radius 2 is 1.22 bits per heavy atom. The maximum Gasteiger partial charge on any atom is 0.407 e. The maximum atomic E-state index is 13.9. The molecule has 16 nitrogen and oxygen atoms in total. The van der Waals surface area contributed by atoms with Crippen LogP contribution < -0.4 is 20.1 Å². The molecule has 0 spiro atoms. The molecule has 2 aromatic carbocycles. The average Bonchev–Trinajstić information content (AvgIpc) is 4.04. The van der Waals surface area contributed by atoms with Gasteiger partial charge in [-0.2, -0.15) is 0 Å². The molecule has 4 amide bonds. The molecule has 2 fully saturated rings. The monoisotopic (exact) mass is 810 g/mol. The van der Waals surface area contributed by atoms with Crippen LogP contribution in [0.1, 0.15) is 91.0 Å². The number of rotatable bonds is 9. The molecule has 1 unspecified atom stereocenters. The van der Waals surface area contributed by atoms with Crippen LogP contribution in [0.2, 0.25) is 0 Å². The number of hydrogen-bond donors (Lipinski definition) is 4. The summed E-state index contributed by atoms with van der Waals surface area (Å²) in [6.45, 7) is 13.0. The van der Waals surface area contributed by atoms with Gasteiger partial charge in [-0.1, -0.05) is 41.5 Å². The first-order chi connectivity index (χ1) is 28.0. The van der Waals surface area contributed by atoms with Crippen molar-refractivity contribution >= 4 is 24.0 Å². The van der Waals surface area contributed by atoms with E-state index >= 15 is 0 Å². The van der Waals surface area contributed by atoms with Crippen LogP contribution in [0.15, 0.2) is 48.8 Å². The largest absolute Gasteiger partial charge is 0.453 e. The zero-order chi connectivity index (χ0) is 42.2. The van der Waals surface area contributed by atoms with Gasteiger partial charge in [0.15, 0.2) is 23.0 Å². The second-order valence-corrected chi connectivity index (χ2v) is 17.5. The van der Waals surface area contributed by atoms with Gasteiger partial charge in [-0.25, -0.2) is 19.6 Å². The number of methoxy groups -OCH3 is 2. The number of alkyl carbamates (subject to hydrolysis) is 2. The molecule has 0 saturated carbocycles. The van der Waals surface area contributed by atoms with Crippen molar-refractivity contribution < 1.29 is 38.1 Å². The maximum absolute atomic E-state index is 13.9. The minimum Gasteiger partial charge on any atom is -0.453 e. The summed E-state index contributed by atoms with van der Waals surface area (Å²) in [6.07, 6.45) is 5.44. The van der Waals surface area contributed by atoms with Crippen molar-refractivity contribution in [1.82, 2.24) is 40.4 Å². The molecule has 4 N–H and O–H groups in total. The number of nitrogens with zero attached hydrogens (tertiary/aromatic N) is 4. The van der Waals surface area contributed by atoms with Crippen LogP contribution in [0, 0.1) is 16.7 Å². The molecule has 3 aliphatic rings. The summed E-state index contributed by atoms with van der Waals surface area (Å²) in [4.78, 5) is 71.7. The molecule has 4 aromatic rings. The van der Waals surface area contributed by atoms with Gasteiger partial charge in [0.1, 0.15) is 17.7 Å². The number of imidazole rings is 2. The lowest BCUT2D eigenvalue weighted by Gasteiger charge is -2.35. The van der Waals surface area contributed by atoms with Crippen molar-refractivity contribution in [3.05, 3.63) is 60.4 Å². The number of benzene rings is 2. The van der Waals surface area contributed by atoms with E-state index < -0.39 is 35.0 Å². The Bertz CT molecular complexity index is 2220. The highest BCUT2D eigenvalue weighted by atomic mass is 16.6. The molecule has 16 heteroatoms. The topological polar surface area (TPSA) is 193 Å². The van der Waals surface area contributed by atoms with E-state index in [0.717, 1.165) is 48.2 Å². The lowest BCUT2D eigenvalue weighted by atomic mass is 9.79. The van der Waals surface area contributed by atoms with Gasteiger partial charge in [0.25, 0.3) is 0 Å². The van der Waals surface area contributed by atoms with Crippen LogP contribution in [-0.2, 0) is 19.1 Å². The van der Waals surface area contributed by atoms with E-state index in [4.69, 9.17) is 28.9 Å². The Morgan fingerprint density at radius 3 is 1.69 bits per heavy atom. The molecule has 3 aliphatic heterocycles. The van der Waals surface area contributed by atoms with Crippen molar-refractivity contribution in [1.29, 1.82) is 0 Å². The van der Waals surface area contributed by atoms with Gasteiger partial charge in [0.05, 0.1) is 56.0 Å². The fourth-order valence-corrected chi connectivity index (χ4v) is 8.06. The third kappa shape index (κ3) is 8.57. The Morgan fingerprint density at radius 1 is 0.729 bits per heavy atom. The molecule has 314 valence electrons. The number of carbonyl (C=O) groups is 4. The van der Waals surface area contributed by atoms with E-state index in [0.29, 0.717) is 47.7 Å². The smallest absolute Gasteiger partial charge is 0.407 e. The summed E-state index contributed by atoms with van der Waals surface area (Å²) in [5, 5.41) is 5.44. The Kier molecular flexibility index (Phi) is 11.4. The zero-order valence-electron chi connectivity index (χ0n) is 34.9. The fourth-order valence-electron chi connectivity index (χ4n) is 8.06. The van der Waals surface area contributed by atoms with E-state index in [2.05, 4.69) is 20.6 Å². The number of ether oxygens (including phenoxy) is 4. The highest BCUT2D eigenvalue weighted by molar-refractivity contribution is 5.87. The summed E-state index contributed by atoms with van der Waals surface area (Å²) < 4.78 is 22.2. The normalized spacial score (nSPS) is 18.5. The van der Waals surface area contributed by atoms with Gasteiger partial charge in [-0.3, -0.25) is 9.59 Å². The molecule has 2 aromatic heterocycles. The molecular weight excluding hydrogens is 757 g/mol. The first-order valence-electron chi connectivity index (χ1n) is 20.1. The van der Waals surface area contributed by atoms with Crippen molar-refractivity contribution in [2.75, 3.05) is 33.9 Å². The van der Waals surface area contributed by atoms with Crippen molar-refractivity contribution in [3.8, 4) is 45.5 Å². The molecule has 4 atom stereocenters. The van der Waals surface area contributed by atoms with E-state index in [1.54, 1.807) is 17.3 Å². The number of carbonyl (C=O) groups excluding carboxylic acids is 4. The highest BCUT2D eigenvalue weighted by Crippen LogP contribution is 2.48. The standard InChI is InChI=1S/C43H54N8O8/c1-42(2,3)26(21-46-40(54)56-7)38(52)50-17-9-11-29(50)36-44-22-27(47-36)24-13-15-31-33(19-24)59-34-20-25(14-16-32(34)58-31)28-23-45-37(48-28)30-12-10-18-51(30)39(53)35(43(4,5)6)49-41(55)57-8/h13-16,19-20,22-23,26,29-30,35H,9-12,17-18,21H2,1-8H3,(H,44,47)(H,45,48)(H,46,54)(H,49,55)/t26?,29-,30-,35+/m0/s1. The Balaban J connectivity index is 1.05. The van der Waals surface area contributed by atoms with Gasteiger partial charge in [-0.15, -0.1) is 0 Å². The first-order valence-corrected chi connectivity index (χ1v) is 20.1. The third-order valence-electron chi connectivity index (χ3n) is 11.4. The molecular formula is C43H54N8O8. The van der Waals surface area contributed by atoms with Crippen LogP contribution in [0.5, 0.6) is 23.0 Å². The molecule has 2 saturated heterocycles. The Labute approximate surface area is 343 Å². The third-order valence-corrected chi connectivity index (χ3v) is 11.4. The fraction of sp³-hybridized carbons (Fsp3) is 0.488. The van der Waals surface area contributed by atoms with Crippen molar-refractivity contribution in [3.63, 3.8) is 0 Å². The van der Waals surface area contributed by atoms with E-state index in [1.165, 1.54) is 14.2 Å². The number of fused-ring (bicyclic) bond motifs is 2. The van der Waals surface area contributed by atoms with Crippen LogP contribution in [0.3, 0.4) is 0 Å². The highest BCUT2D eigenvalue weighted by Gasteiger charge is 2.42. The summed E-state index contributed by atoms with van der Waals surface area (Å²) in [6, 6.07) is 10.1. The van der Waals surface area contributed by atoms with Crippen LogP contribution >= 0.6 is 0 Å². The summed E-state index contributed by atoms with van der Waals surface area (Å²) in [5.74, 6) is 2.89. The summed E-state index contributed by atoms with van der Waals surface area (Å²) in [7, 11) is 2.59. The molecule has 0 aliphatic carbocycles. The molecule has 0 bridgehead atoms. The molecule has 5 heterocycles. The number of H-pyrrole nitrogens is 2. The predicted molar refractivity (Wildman–Crippen MR) is 218 cm³/mol. The SMILES string of the molecule is COC(=O)NCC(C(=O)N1CCC[C@H]1c1ncc(-c2ccc3c(c2)Oc2cc(-c4cnc([C@@H]5CCCN5C(=O)[C@@H](NC(=O)OC)C(C)(C)C)[nH]4)ccc2O3)[nH]1)C(C)(C)C. The number of amides is 4. The van der Waals surface area contributed by atoms with E-state index in [1.807, 2.05) is 82.8 Å². The molecule has 7 rings (SSSR count). The van der Waals surface area contributed by atoms with Crippen molar-refractivity contribution in [2.24, 2.45) is 16.7 Å². The van der Waals surface area contributed by atoms with Gasteiger partial charge in [0.2, 0.25) is 11.8 Å². The summed E-state index contributed by atoms with van der Waals surface area (Å²) >= 11 is 0. The lowest BCUT2D eigenvalue weighted by Crippen LogP contribution is -2.54. The number of aromatic amines is 2. The molecule has 0 radical (unpaired) electrons. The van der Waals surface area contributed by atoms with Gasteiger partial charge >= 0.3 is 12.2 Å². The van der Waals surface area contributed by atoms with Gasteiger partial charge in [0, 0.05) is 30.8 Å². The van der Waals surface area contributed by atoms with Gasteiger partial charge in [-0.05, 0) is 72.9 Å². The minimum absolute atomic E-state index is 0.0343. The lowest BCUT2D eigenvalue weighted by molar-refractivity contribution is -0.140. The van der Waals surface area contributed by atoms with Crippen LogP contribution in [0.4, 0.5) is 9.59 Å². The summed E-state index contributed by atoms with van der Waals surface area (Å²) in [5.41, 5.74) is 2.24. The van der Waals surface area contributed by atoms with Gasteiger partial charge < -0.3 is 49.3 Å². The van der Waals surface area contributed by atoms with E-state index in [-0.39, 0.29) is 30.4 Å². The quantitative estimate of drug-likeness (QED) is 0.116. The first kappa shape index (κ1) is 41.1. The number of aromatic nitrogens is 4. The number of nitrogens with one attached hydrogen (secondary N) is 4. The second kappa shape index (κ2) is 16.3. The average molecular weight is 811 g/mol. The predicted octanol–water partition coefficient (Wildman–Crippen LogP) is 7.48. The zero-order valence-corrected chi connectivity index (χ0v) is 34.9. The Hall–Kier alpha value is -6.06. The van der Waals surface area contributed by atoms with Crippen LogP contribution in [-0.4, -0.2) is 93.6 Å².